The molecule has 5 unspecified atom stereocenters. The van der Waals surface area contributed by atoms with Crippen LogP contribution < -0.4 is 16.0 Å². The minimum absolute atomic E-state index is 0.0304. The molecule has 33 heavy (non-hydrogen) atoms. The average molecular weight is 467 g/mol. The third-order valence-electron chi connectivity index (χ3n) is 8.30. The van der Waals surface area contributed by atoms with Crippen LogP contribution >= 0.6 is 0 Å². The van der Waals surface area contributed by atoms with Gasteiger partial charge in [0.2, 0.25) is 5.91 Å². The number of carbonyl (C=O) groups excluding carboxylic acids is 1. The van der Waals surface area contributed by atoms with Crippen molar-refractivity contribution in [1.82, 2.24) is 25.8 Å². The van der Waals surface area contributed by atoms with Gasteiger partial charge in [0.1, 0.15) is 6.17 Å². The number of alkyl halides is 1. The zero-order chi connectivity index (χ0) is 23.5. The van der Waals surface area contributed by atoms with E-state index >= 15 is 0 Å². The number of nitrogens with zero attached hydrogens (tertiary/aromatic N) is 3. The summed E-state index contributed by atoms with van der Waals surface area (Å²) in [6, 6.07) is 0.403. The highest BCUT2D eigenvalue weighted by atomic mass is 19.1. The molecule has 4 fully saturated rings. The third kappa shape index (κ3) is 5.59. The highest BCUT2D eigenvalue weighted by molar-refractivity contribution is 5.82. The standard InChI is InChI=1S/C23H39FN6O3/c1-15-6-7-19(24)18-13-20(27-22(15)18)23(31)26-16-4-3-5-17(12-16)28-8-10-29(11-9-28)21(25-2)14-30(32)33/h14-20,22,25,27H,3-13H2,1-2H3,(H,26,31)/b21-14+/t15?,16-,17-,18?,19?,20?,22?/m1/s1. The van der Waals surface area contributed by atoms with Crippen molar-refractivity contribution in [1.29, 1.82) is 0 Å². The van der Waals surface area contributed by atoms with Crippen LogP contribution in [0.25, 0.3) is 0 Å². The van der Waals surface area contributed by atoms with Gasteiger partial charge in [0.05, 0.1) is 11.0 Å². The summed E-state index contributed by atoms with van der Waals surface area (Å²) in [6.45, 7) is 5.35. The van der Waals surface area contributed by atoms with E-state index in [1.54, 1.807) is 7.05 Å². The third-order valence-corrected chi connectivity index (χ3v) is 8.30. The zero-order valence-corrected chi connectivity index (χ0v) is 19.8. The lowest BCUT2D eigenvalue weighted by Crippen LogP contribution is -2.55. The van der Waals surface area contributed by atoms with E-state index in [2.05, 4.69) is 27.8 Å². The Bertz CT molecular complexity index is 726. The average Bonchev–Trinajstić information content (AvgIpc) is 3.27. The normalized spacial score (nSPS) is 38.0. The minimum atomic E-state index is -0.794. The number of halogens is 1. The minimum Gasteiger partial charge on any atom is -0.370 e. The summed E-state index contributed by atoms with van der Waals surface area (Å²) in [5.74, 6) is 0.957. The largest absolute Gasteiger partial charge is 0.370 e. The van der Waals surface area contributed by atoms with Crippen molar-refractivity contribution in [3.63, 3.8) is 0 Å². The highest BCUT2D eigenvalue weighted by Crippen LogP contribution is 2.38. The van der Waals surface area contributed by atoms with E-state index < -0.39 is 11.1 Å². The maximum absolute atomic E-state index is 14.4. The maximum Gasteiger partial charge on any atom is 0.274 e. The summed E-state index contributed by atoms with van der Waals surface area (Å²) >= 11 is 0. The Hall–Kier alpha value is -1.94. The van der Waals surface area contributed by atoms with Crippen LogP contribution in [0.5, 0.6) is 0 Å². The molecule has 0 bridgehead atoms. The second-order valence-electron chi connectivity index (χ2n) is 10.3. The fraction of sp³-hybridized carbons (Fsp3) is 0.870. The lowest BCUT2D eigenvalue weighted by Gasteiger charge is -2.43. The Morgan fingerprint density at radius 3 is 2.58 bits per heavy atom. The van der Waals surface area contributed by atoms with E-state index in [0.717, 1.165) is 64.5 Å². The first-order valence-electron chi connectivity index (χ1n) is 12.6. The summed E-state index contributed by atoms with van der Waals surface area (Å²) in [6.07, 6.45) is 6.45. The molecule has 186 valence electrons. The van der Waals surface area contributed by atoms with Gasteiger partial charge in [-0.05, 0) is 50.9 Å². The molecule has 2 aliphatic carbocycles. The van der Waals surface area contributed by atoms with Gasteiger partial charge in [-0.2, -0.15) is 0 Å². The molecule has 0 aromatic rings. The zero-order valence-electron chi connectivity index (χ0n) is 19.8. The van der Waals surface area contributed by atoms with Gasteiger partial charge < -0.3 is 20.9 Å². The van der Waals surface area contributed by atoms with Crippen molar-refractivity contribution in [2.24, 2.45) is 11.8 Å². The molecule has 9 nitrogen and oxygen atoms in total. The van der Waals surface area contributed by atoms with Crippen molar-refractivity contribution >= 4 is 5.91 Å². The maximum atomic E-state index is 14.4. The number of fused-ring (bicyclic) bond motifs is 1. The van der Waals surface area contributed by atoms with Crippen molar-refractivity contribution in [3.05, 3.63) is 22.1 Å². The quantitative estimate of drug-likeness (QED) is 0.402. The molecule has 2 saturated carbocycles. The lowest BCUT2D eigenvalue weighted by atomic mass is 9.77. The fourth-order valence-electron chi connectivity index (χ4n) is 6.46. The molecule has 2 aliphatic heterocycles. The molecule has 1 amide bonds. The first kappa shape index (κ1) is 24.2. The van der Waals surface area contributed by atoms with E-state index in [4.69, 9.17) is 0 Å². The van der Waals surface area contributed by atoms with Gasteiger partial charge in [-0.3, -0.25) is 19.8 Å². The van der Waals surface area contributed by atoms with E-state index in [1.807, 2.05) is 4.90 Å². The van der Waals surface area contributed by atoms with E-state index in [-0.39, 0.29) is 30.0 Å². The van der Waals surface area contributed by atoms with Gasteiger partial charge in [-0.15, -0.1) is 0 Å². The van der Waals surface area contributed by atoms with Crippen LogP contribution in [-0.4, -0.2) is 84.2 Å². The molecule has 10 heteroatoms. The molecule has 0 radical (unpaired) electrons. The molecule has 3 N–H and O–H groups in total. The molecule has 4 rings (SSSR count). The van der Waals surface area contributed by atoms with Gasteiger partial charge >= 0.3 is 0 Å². The van der Waals surface area contributed by atoms with Gasteiger partial charge in [0.25, 0.3) is 6.20 Å². The highest BCUT2D eigenvalue weighted by Gasteiger charge is 2.46. The molecular weight excluding hydrogens is 427 g/mol. The summed E-state index contributed by atoms with van der Waals surface area (Å²) in [5.41, 5.74) is 0. The van der Waals surface area contributed by atoms with Crippen LogP contribution in [0.15, 0.2) is 12.0 Å². The molecule has 0 aromatic carbocycles. The summed E-state index contributed by atoms with van der Waals surface area (Å²) in [4.78, 5) is 27.9. The van der Waals surface area contributed by atoms with Gasteiger partial charge in [-0.1, -0.05) is 6.92 Å². The Kier molecular flexibility index (Phi) is 7.73. The first-order valence-corrected chi connectivity index (χ1v) is 12.6. The number of hydrogen-bond donors (Lipinski definition) is 3. The Labute approximate surface area is 195 Å². The van der Waals surface area contributed by atoms with Crippen LogP contribution in [0.1, 0.15) is 51.9 Å². The molecule has 4 aliphatic rings. The molecule has 2 heterocycles. The van der Waals surface area contributed by atoms with E-state index in [9.17, 15) is 19.3 Å². The second-order valence-corrected chi connectivity index (χ2v) is 10.3. The van der Waals surface area contributed by atoms with Gasteiger partial charge in [0, 0.05) is 57.3 Å². The van der Waals surface area contributed by atoms with Gasteiger partial charge in [0.15, 0.2) is 5.82 Å². The van der Waals surface area contributed by atoms with Crippen LogP contribution in [-0.2, 0) is 4.79 Å². The predicted octanol–water partition coefficient (Wildman–Crippen LogP) is 1.44. The van der Waals surface area contributed by atoms with E-state index in [1.165, 1.54) is 0 Å². The SMILES string of the molecule is CN/C(=C\[N+](=O)[O-])N1CCN([C@@H]2CCC[C@@H](NC(=O)C3CC4C(F)CCC(C)C4N3)C2)CC1. The van der Waals surface area contributed by atoms with Gasteiger partial charge in [-0.25, -0.2) is 4.39 Å². The number of nitro groups is 1. The predicted molar refractivity (Wildman–Crippen MR) is 124 cm³/mol. The molecular formula is C23H39FN6O3. The number of hydrogen-bond acceptors (Lipinski definition) is 7. The monoisotopic (exact) mass is 466 g/mol. The summed E-state index contributed by atoms with van der Waals surface area (Å²) in [5, 5.41) is 20.5. The Morgan fingerprint density at radius 2 is 1.91 bits per heavy atom. The van der Waals surface area contributed by atoms with Crippen LogP contribution in [0, 0.1) is 22.0 Å². The Balaban J connectivity index is 1.26. The fourth-order valence-corrected chi connectivity index (χ4v) is 6.46. The van der Waals surface area contributed by atoms with Crippen LogP contribution in [0.2, 0.25) is 0 Å². The number of nitrogens with one attached hydrogen (secondary N) is 3. The van der Waals surface area contributed by atoms with Crippen LogP contribution in [0.3, 0.4) is 0 Å². The smallest absolute Gasteiger partial charge is 0.274 e. The van der Waals surface area contributed by atoms with Crippen molar-refractivity contribution < 1.29 is 14.1 Å². The topological polar surface area (TPSA) is 103 Å². The summed E-state index contributed by atoms with van der Waals surface area (Å²) < 4.78 is 14.4. The summed E-state index contributed by atoms with van der Waals surface area (Å²) in [7, 11) is 1.71. The number of amides is 1. The Morgan fingerprint density at radius 1 is 1.15 bits per heavy atom. The van der Waals surface area contributed by atoms with Crippen molar-refractivity contribution in [2.45, 2.75) is 82.2 Å². The molecule has 7 atom stereocenters. The van der Waals surface area contributed by atoms with Crippen molar-refractivity contribution in [2.75, 3.05) is 33.2 Å². The number of piperazine rings is 1. The van der Waals surface area contributed by atoms with E-state index in [0.29, 0.717) is 30.6 Å². The number of rotatable bonds is 6. The molecule has 0 aromatic heterocycles. The number of carbonyl (C=O) groups is 1. The molecule has 2 saturated heterocycles. The second kappa shape index (κ2) is 10.5. The van der Waals surface area contributed by atoms with Crippen LogP contribution in [0.4, 0.5) is 4.39 Å². The van der Waals surface area contributed by atoms with Crippen molar-refractivity contribution in [3.8, 4) is 0 Å². The lowest BCUT2D eigenvalue weighted by molar-refractivity contribution is -0.404. The first-order chi connectivity index (χ1) is 15.9. The molecule has 0 spiro atoms.